The number of anilines is 1. The second-order valence-corrected chi connectivity index (χ2v) is 2.46. The van der Waals surface area contributed by atoms with Crippen LogP contribution in [-0.4, -0.2) is 30.1 Å². The van der Waals surface area contributed by atoms with Crippen molar-refractivity contribution in [1.29, 1.82) is 0 Å². The van der Waals surface area contributed by atoms with E-state index in [1.807, 2.05) is 0 Å². The van der Waals surface area contributed by atoms with Crippen molar-refractivity contribution in [3.8, 4) is 11.9 Å². The molecule has 0 radical (unpaired) electrons. The van der Waals surface area contributed by atoms with Gasteiger partial charge in [0.25, 0.3) is 0 Å². The van der Waals surface area contributed by atoms with Gasteiger partial charge < -0.3 is 14.8 Å². The Morgan fingerprint density at radius 1 is 1.43 bits per heavy atom. The third-order valence-electron chi connectivity index (χ3n) is 1.42. The molecule has 0 bridgehead atoms. The maximum Gasteiger partial charge on any atom is 0.319 e. The second-order valence-electron chi connectivity index (χ2n) is 2.46. The Morgan fingerprint density at radius 3 is 2.64 bits per heavy atom. The summed E-state index contributed by atoms with van der Waals surface area (Å²) in [5.41, 5.74) is 0.417. The van der Waals surface area contributed by atoms with Crippen molar-refractivity contribution in [2.45, 2.75) is 6.92 Å². The number of nitrogens with one attached hydrogen (secondary N) is 1. The van der Waals surface area contributed by atoms with Crippen molar-refractivity contribution in [1.82, 2.24) is 9.97 Å². The smallest absolute Gasteiger partial charge is 0.319 e. The monoisotopic (exact) mass is 197 g/mol. The number of methoxy groups -OCH3 is 2. The number of amides is 1. The molecule has 1 heterocycles. The van der Waals surface area contributed by atoms with Gasteiger partial charge >= 0.3 is 6.01 Å². The molecule has 1 rings (SSSR count). The molecule has 0 unspecified atom stereocenters. The van der Waals surface area contributed by atoms with Gasteiger partial charge in [-0.3, -0.25) is 4.79 Å². The molecule has 76 valence electrons. The summed E-state index contributed by atoms with van der Waals surface area (Å²) >= 11 is 0. The average molecular weight is 197 g/mol. The summed E-state index contributed by atoms with van der Waals surface area (Å²) in [5, 5.41) is 2.53. The molecule has 0 aliphatic heterocycles. The normalized spacial score (nSPS) is 9.36. The molecule has 1 aromatic rings. The third-order valence-corrected chi connectivity index (χ3v) is 1.42. The van der Waals surface area contributed by atoms with Gasteiger partial charge in [0, 0.05) is 6.92 Å². The van der Waals surface area contributed by atoms with Crippen LogP contribution < -0.4 is 14.8 Å². The molecule has 14 heavy (non-hydrogen) atoms. The molecule has 0 saturated carbocycles. The van der Waals surface area contributed by atoms with Crippen LogP contribution in [0.2, 0.25) is 0 Å². The van der Waals surface area contributed by atoms with E-state index < -0.39 is 0 Å². The average Bonchev–Trinajstić information content (AvgIpc) is 2.17. The van der Waals surface area contributed by atoms with Gasteiger partial charge in [-0.25, -0.2) is 4.98 Å². The van der Waals surface area contributed by atoms with Gasteiger partial charge in [0.05, 0.1) is 20.4 Å². The molecule has 0 aromatic carbocycles. The maximum atomic E-state index is 10.8. The van der Waals surface area contributed by atoms with E-state index in [4.69, 9.17) is 9.47 Å². The predicted octanol–water partition coefficient (Wildman–Crippen LogP) is 0.452. The summed E-state index contributed by atoms with van der Waals surface area (Å²) in [5.74, 6) is 0.0594. The molecule has 1 amide bonds. The SMILES string of the molecule is COc1ncc(NC(C)=O)c(OC)n1. The van der Waals surface area contributed by atoms with E-state index in [0.717, 1.165) is 0 Å². The van der Waals surface area contributed by atoms with Gasteiger partial charge in [-0.1, -0.05) is 0 Å². The first-order valence-corrected chi connectivity index (χ1v) is 3.90. The molecule has 0 saturated heterocycles. The Hall–Kier alpha value is -1.85. The molecule has 6 nitrogen and oxygen atoms in total. The van der Waals surface area contributed by atoms with Crippen LogP contribution in [0, 0.1) is 0 Å². The van der Waals surface area contributed by atoms with Crippen LogP contribution in [0.5, 0.6) is 11.9 Å². The van der Waals surface area contributed by atoms with Gasteiger partial charge in [-0.2, -0.15) is 4.98 Å². The van der Waals surface area contributed by atoms with E-state index in [2.05, 4.69) is 15.3 Å². The first kappa shape index (κ1) is 10.2. The van der Waals surface area contributed by atoms with Crippen molar-refractivity contribution in [3.63, 3.8) is 0 Å². The molecular weight excluding hydrogens is 186 g/mol. The molecule has 0 atom stereocenters. The zero-order chi connectivity index (χ0) is 10.6. The highest BCUT2D eigenvalue weighted by Gasteiger charge is 2.08. The van der Waals surface area contributed by atoms with Crippen LogP contribution in [-0.2, 0) is 4.79 Å². The van der Waals surface area contributed by atoms with Crippen molar-refractivity contribution >= 4 is 11.6 Å². The molecule has 1 aromatic heterocycles. The minimum Gasteiger partial charge on any atom is -0.479 e. The Labute approximate surface area is 81.3 Å². The first-order chi connectivity index (χ1) is 6.67. The lowest BCUT2D eigenvalue weighted by Crippen LogP contribution is -2.09. The lowest BCUT2D eigenvalue weighted by Gasteiger charge is -2.07. The van der Waals surface area contributed by atoms with Gasteiger partial charge in [0.15, 0.2) is 0 Å². The van der Waals surface area contributed by atoms with Gasteiger partial charge in [0.1, 0.15) is 5.69 Å². The highest BCUT2D eigenvalue weighted by molar-refractivity contribution is 5.89. The number of hydrogen-bond donors (Lipinski definition) is 1. The quantitative estimate of drug-likeness (QED) is 0.761. The summed E-state index contributed by atoms with van der Waals surface area (Å²) in [6.07, 6.45) is 1.42. The van der Waals surface area contributed by atoms with E-state index in [1.165, 1.54) is 27.3 Å². The lowest BCUT2D eigenvalue weighted by molar-refractivity contribution is -0.114. The molecule has 0 fully saturated rings. The van der Waals surface area contributed by atoms with Crippen LogP contribution >= 0.6 is 0 Å². The molecule has 0 spiro atoms. The standard InChI is InChI=1S/C8H11N3O3/c1-5(12)10-6-4-9-8(14-3)11-7(6)13-2/h4H,1-3H3,(H,10,12). The van der Waals surface area contributed by atoms with Crippen LogP contribution in [0.15, 0.2) is 6.20 Å². The largest absolute Gasteiger partial charge is 0.479 e. The van der Waals surface area contributed by atoms with E-state index in [9.17, 15) is 4.79 Å². The minimum atomic E-state index is -0.211. The first-order valence-electron chi connectivity index (χ1n) is 3.90. The number of ether oxygens (including phenoxy) is 2. The summed E-state index contributed by atoms with van der Waals surface area (Å²) in [4.78, 5) is 18.5. The predicted molar refractivity (Wildman–Crippen MR) is 49.4 cm³/mol. The number of rotatable bonds is 3. The van der Waals surface area contributed by atoms with Crippen molar-refractivity contribution in [2.24, 2.45) is 0 Å². The van der Waals surface area contributed by atoms with Gasteiger partial charge in [0.2, 0.25) is 11.8 Å². The fourth-order valence-corrected chi connectivity index (χ4v) is 0.880. The summed E-state index contributed by atoms with van der Waals surface area (Å²) in [7, 11) is 2.90. The summed E-state index contributed by atoms with van der Waals surface area (Å²) in [6, 6.07) is 0.191. The zero-order valence-electron chi connectivity index (χ0n) is 8.20. The van der Waals surface area contributed by atoms with Crippen molar-refractivity contribution in [3.05, 3.63) is 6.20 Å². The second kappa shape index (κ2) is 4.40. The van der Waals surface area contributed by atoms with Gasteiger partial charge in [-0.05, 0) is 0 Å². The molecule has 0 aliphatic rings. The summed E-state index contributed by atoms with van der Waals surface area (Å²) < 4.78 is 9.74. The van der Waals surface area contributed by atoms with E-state index in [0.29, 0.717) is 5.69 Å². The lowest BCUT2D eigenvalue weighted by atomic mass is 10.5. The highest BCUT2D eigenvalue weighted by Crippen LogP contribution is 2.21. The summed E-state index contributed by atoms with van der Waals surface area (Å²) in [6.45, 7) is 1.39. The van der Waals surface area contributed by atoms with Crippen LogP contribution in [0.4, 0.5) is 5.69 Å². The topological polar surface area (TPSA) is 73.3 Å². The third kappa shape index (κ3) is 2.32. The Kier molecular flexibility index (Phi) is 3.22. The Morgan fingerprint density at radius 2 is 2.14 bits per heavy atom. The molecule has 0 aliphatic carbocycles. The Balaban J connectivity index is 2.98. The fourth-order valence-electron chi connectivity index (χ4n) is 0.880. The molecule has 6 heteroatoms. The maximum absolute atomic E-state index is 10.8. The van der Waals surface area contributed by atoms with E-state index in [-0.39, 0.29) is 17.8 Å². The number of carbonyl (C=O) groups is 1. The number of aromatic nitrogens is 2. The number of nitrogens with zero attached hydrogens (tertiary/aromatic N) is 2. The highest BCUT2D eigenvalue weighted by atomic mass is 16.5. The minimum absolute atomic E-state index is 0.191. The van der Waals surface area contributed by atoms with E-state index >= 15 is 0 Å². The van der Waals surface area contributed by atoms with Crippen molar-refractivity contribution in [2.75, 3.05) is 19.5 Å². The Bertz CT molecular complexity index is 341. The van der Waals surface area contributed by atoms with Gasteiger partial charge in [-0.15, -0.1) is 0 Å². The van der Waals surface area contributed by atoms with E-state index in [1.54, 1.807) is 0 Å². The van der Waals surface area contributed by atoms with Crippen LogP contribution in [0.3, 0.4) is 0 Å². The molecule has 1 N–H and O–H groups in total. The van der Waals surface area contributed by atoms with Crippen LogP contribution in [0.1, 0.15) is 6.92 Å². The van der Waals surface area contributed by atoms with Crippen molar-refractivity contribution < 1.29 is 14.3 Å². The number of hydrogen-bond acceptors (Lipinski definition) is 5. The number of carbonyl (C=O) groups excluding carboxylic acids is 1. The van der Waals surface area contributed by atoms with Crippen LogP contribution in [0.25, 0.3) is 0 Å². The fraction of sp³-hybridized carbons (Fsp3) is 0.375. The zero-order valence-corrected chi connectivity index (χ0v) is 8.20. The molecular formula is C8H11N3O3.